The molecule has 3 nitrogen and oxygen atoms in total. The molecular weight excluding hydrogens is 252 g/mol. The first kappa shape index (κ1) is 14.1. The van der Waals surface area contributed by atoms with Gasteiger partial charge in [-0.15, -0.1) is 0 Å². The van der Waals surface area contributed by atoms with E-state index in [1.807, 2.05) is 39.0 Å². The van der Waals surface area contributed by atoms with E-state index >= 15 is 0 Å². The van der Waals surface area contributed by atoms with Crippen LogP contribution in [0, 0.1) is 20.8 Å². The van der Waals surface area contributed by atoms with Gasteiger partial charge in [0.25, 0.3) is 0 Å². The van der Waals surface area contributed by atoms with Crippen LogP contribution in [0.5, 0.6) is 5.75 Å². The third kappa shape index (κ3) is 2.39. The number of carboxylic acids is 1. The van der Waals surface area contributed by atoms with E-state index in [1.165, 1.54) is 0 Å². The predicted molar refractivity (Wildman–Crippen MR) is 79.6 cm³/mol. The zero-order valence-electron chi connectivity index (χ0n) is 12.2. The Balaban J connectivity index is 2.64. The minimum absolute atomic E-state index is 0.341. The Hall–Kier alpha value is -2.29. The Labute approximate surface area is 118 Å². The number of hydrogen-bond donors (Lipinski definition) is 1. The molecule has 0 aliphatic heterocycles. The molecule has 0 atom stereocenters. The van der Waals surface area contributed by atoms with Crippen molar-refractivity contribution in [3.63, 3.8) is 0 Å². The van der Waals surface area contributed by atoms with Crippen LogP contribution in [-0.2, 0) is 0 Å². The van der Waals surface area contributed by atoms with Crippen LogP contribution in [0.1, 0.15) is 27.0 Å². The molecule has 1 N–H and O–H groups in total. The number of aromatic carboxylic acids is 1. The van der Waals surface area contributed by atoms with Crippen molar-refractivity contribution < 1.29 is 14.6 Å². The molecule has 0 unspecified atom stereocenters. The quantitative estimate of drug-likeness (QED) is 0.917. The Morgan fingerprint density at radius 3 is 2.20 bits per heavy atom. The number of benzene rings is 2. The second kappa shape index (κ2) is 5.37. The lowest BCUT2D eigenvalue weighted by Crippen LogP contribution is -2.01. The van der Waals surface area contributed by atoms with Crippen molar-refractivity contribution in [2.24, 2.45) is 0 Å². The summed E-state index contributed by atoms with van der Waals surface area (Å²) in [4.78, 5) is 11.2. The summed E-state index contributed by atoms with van der Waals surface area (Å²) in [6.45, 7) is 5.82. The molecule has 0 fully saturated rings. The normalized spacial score (nSPS) is 10.4. The van der Waals surface area contributed by atoms with E-state index in [0.717, 1.165) is 33.6 Å². The zero-order valence-corrected chi connectivity index (χ0v) is 12.2. The summed E-state index contributed by atoms with van der Waals surface area (Å²) in [5.74, 6) is -0.0212. The molecule has 0 radical (unpaired) electrons. The highest BCUT2D eigenvalue weighted by atomic mass is 16.5. The molecule has 0 aliphatic carbocycles. The average Bonchev–Trinajstić information content (AvgIpc) is 2.38. The van der Waals surface area contributed by atoms with Gasteiger partial charge in [-0.1, -0.05) is 12.1 Å². The van der Waals surface area contributed by atoms with Crippen LogP contribution in [0.15, 0.2) is 30.3 Å². The molecule has 20 heavy (non-hydrogen) atoms. The first-order chi connectivity index (χ1) is 9.45. The molecular formula is C17H18O3. The summed E-state index contributed by atoms with van der Waals surface area (Å²) in [5.41, 5.74) is 5.17. The van der Waals surface area contributed by atoms with Gasteiger partial charge in [-0.05, 0) is 66.8 Å². The number of carboxylic acid groups (broad SMARTS) is 1. The first-order valence-electron chi connectivity index (χ1n) is 6.44. The molecule has 0 bridgehead atoms. The smallest absolute Gasteiger partial charge is 0.335 e. The van der Waals surface area contributed by atoms with Gasteiger partial charge in [0, 0.05) is 0 Å². The molecule has 2 aromatic rings. The monoisotopic (exact) mass is 270 g/mol. The fourth-order valence-electron chi connectivity index (χ4n) is 2.61. The summed E-state index contributed by atoms with van der Waals surface area (Å²) in [5, 5.41) is 9.21. The van der Waals surface area contributed by atoms with Crippen LogP contribution in [-0.4, -0.2) is 18.2 Å². The van der Waals surface area contributed by atoms with E-state index in [-0.39, 0.29) is 0 Å². The van der Waals surface area contributed by atoms with Gasteiger partial charge in [0.1, 0.15) is 5.75 Å². The van der Waals surface area contributed by atoms with Gasteiger partial charge >= 0.3 is 5.97 Å². The molecule has 0 saturated heterocycles. The first-order valence-corrected chi connectivity index (χ1v) is 6.44. The lowest BCUT2D eigenvalue weighted by Gasteiger charge is -2.14. The van der Waals surface area contributed by atoms with Gasteiger partial charge in [0.15, 0.2) is 0 Å². The standard InChI is InChI=1S/C17H18O3/c1-10-8-13(9-11(2)16(10)20-4)14-6-5-7-15(12(14)3)17(18)19/h5-9H,1-4H3,(H,18,19). The van der Waals surface area contributed by atoms with Crippen molar-refractivity contribution in [1.29, 1.82) is 0 Å². The molecule has 0 spiro atoms. The number of aryl methyl sites for hydroxylation is 2. The lowest BCUT2D eigenvalue weighted by atomic mass is 9.94. The van der Waals surface area contributed by atoms with E-state index in [0.29, 0.717) is 5.56 Å². The molecule has 0 amide bonds. The third-order valence-electron chi connectivity index (χ3n) is 3.54. The Morgan fingerprint density at radius 2 is 1.70 bits per heavy atom. The Morgan fingerprint density at radius 1 is 1.10 bits per heavy atom. The average molecular weight is 270 g/mol. The van der Waals surface area contributed by atoms with Crippen molar-refractivity contribution in [2.45, 2.75) is 20.8 Å². The van der Waals surface area contributed by atoms with Crippen LogP contribution in [0.25, 0.3) is 11.1 Å². The molecule has 104 valence electrons. The summed E-state index contributed by atoms with van der Waals surface area (Å²) >= 11 is 0. The number of carbonyl (C=O) groups is 1. The summed E-state index contributed by atoms with van der Waals surface area (Å²) in [6.07, 6.45) is 0. The molecule has 2 aromatic carbocycles. The van der Waals surface area contributed by atoms with Crippen molar-refractivity contribution >= 4 is 5.97 Å². The number of methoxy groups -OCH3 is 1. The number of hydrogen-bond acceptors (Lipinski definition) is 2. The molecule has 0 saturated carbocycles. The van der Waals surface area contributed by atoms with Crippen LogP contribution in [0.2, 0.25) is 0 Å². The highest BCUT2D eigenvalue weighted by Gasteiger charge is 2.13. The van der Waals surface area contributed by atoms with E-state index in [9.17, 15) is 9.90 Å². The maximum atomic E-state index is 11.2. The second-order valence-electron chi connectivity index (χ2n) is 4.93. The highest BCUT2D eigenvalue weighted by Crippen LogP contribution is 2.32. The van der Waals surface area contributed by atoms with Gasteiger partial charge < -0.3 is 9.84 Å². The largest absolute Gasteiger partial charge is 0.496 e. The van der Waals surface area contributed by atoms with Gasteiger partial charge in [-0.3, -0.25) is 0 Å². The fourth-order valence-corrected chi connectivity index (χ4v) is 2.61. The molecule has 2 rings (SSSR count). The topological polar surface area (TPSA) is 46.5 Å². The maximum Gasteiger partial charge on any atom is 0.335 e. The van der Waals surface area contributed by atoms with Crippen LogP contribution < -0.4 is 4.74 Å². The molecule has 0 aliphatic rings. The summed E-state index contributed by atoms with van der Waals surface area (Å²) in [7, 11) is 1.66. The third-order valence-corrected chi connectivity index (χ3v) is 3.54. The Kier molecular flexibility index (Phi) is 3.79. The van der Waals surface area contributed by atoms with E-state index in [1.54, 1.807) is 19.2 Å². The van der Waals surface area contributed by atoms with Gasteiger partial charge in [-0.2, -0.15) is 0 Å². The van der Waals surface area contributed by atoms with E-state index in [2.05, 4.69) is 0 Å². The van der Waals surface area contributed by atoms with Crippen molar-refractivity contribution in [3.05, 3.63) is 52.6 Å². The molecule has 0 aromatic heterocycles. The second-order valence-corrected chi connectivity index (χ2v) is 4.93. The highest BCUT2D eigenvalue weighted by molar-refractivity contribution is 5.92. The molecule has 3 heteroatoms. The van der Waals surface area contributed by atoms with Crippen LogP contribution in [0.3, 0.4) is 0 Å². The Bertz CT molecular complexity index is 649. The van der Waals surface area contributed by atoms with Gasteiger partial charge in [0.05, 0.1) is 12.7 Å². The number of ether oxygens (including phenoxy) is 1. The maximum absolute atomic E-state index is 11.2. The lowest BCUT2D eigenvalue weighted by molar-refractivity contribution is 0.0696. The number of rotatable bonds is 3. The van der Waals surface area contributed by atoms with Crippen molar-refractivity contribution in [3.8, 4) is 16.9 Å². The molecule has 0 heterocycles. The van der Waals surface area contributed by atoms with Crippen molar-refractivity contribution in [2.75, 3.05) is 7.11 Å². The van der Waals surface area contributed by atoms with E-state index in [4.69, 9.17) is 4.74 Å². The van der Waals surface area contributed by atoms with Gasteiger partial charge in [0.2, 0.25) is 0 Å². The summed E-state index contributed by atoms with van der Waals surface area (Å²) < 4.78 is 5.36. The minimum Gasteiger partial charge on any atom is -0.496 e. The van der Waals surface area contributed by atoms with Crippen LogP contribution in [0.4, 0.5) is 0 Å². The zero-order chi connectivity index (χ0) is 14.9. The summed E-state index contributed by atoms with van der Waals surface area (Å²) in [6, 6.07) is 9.41. The predicted octanol–water partition coefficient (Wildman–Crippen LogP) is 3.99. The van der Waals surface area contributed by atoms with Crippen molar-refractivity contribution in [1.82, 2.24) is 0 Å². The van der Waals surface area contributed by atoms with E-state index < -0.39 is 5.97 Å². The fraction of sp³-hybridized carbons (Fsp3) is 0.235. The SMILES string of the molecule is COc1c(C)cc(-c2cccc(C(=O)O)c2C)cc1C. The van der Waals surface area contributed by atoms with Crippen LogP contribution >= 0.6 is 0 Å². The van der Waals surface area contributed by atoms with Gasteiger partial charge in [-0.25, -0.2) is 4.79 Å². The minimum atomic E-state index is -0.897.